The summed E-state index contributed by atoms with van der Waals surface area (Å²) in [6.45, 7) is 0. The lowest BCUT2D eigenvalue weighted by atomic mass is 10.0. The van der Waals surface area contributed by atoms with Gasteiger partial charge in [-0.2, -0.15) is 0 Å². The molecule has 0 spiro atoms. The molecule has 2 N–H and O–H groups in total. The average Bonchev–Trinajstić information content (AvgIpc) is 2.83. The number of fused-ring (bicyclic) bond motifs is 1. The van der Waals surface area contributed by atoms with E-state index in [0.717, 1.165) is 22.0 Å². The normalized spacial score (nSPS) is 12.7. The van der Waals surface area contributed by atoms with E-state index in [-0.39, 0.29) is 6.04 Å². The Balaban J connectivity index is 1.95. The van der Waals surface area contributed by atoms with Crippen LogP contribution in [0, 0.1) is 0 Å². The summed E-state index contributed by atoms with van der Waals surface area (Å²) in [5.74, 6) is 0. The molecule has 19 heavy (non-hydrogen) atoms. The number of hydrogen-bond acceptors (Lipinski definition) is 3. The Morgan fingerprint density at radius 1 is 1.26 bits per heavy atom. The Morgan fingerprint density at radius 2 is 2.11 bits per heavy atom. The van der Waals surface area contributed by atoms with Crippen molar-refractivity contribution < 1.29 is 0 Å². The molecule has 0 bridgehead atoms. The number of thiophene rings is 1. The fourth-order valence-corrected chi connectivity index (χ4v) is 3.72. The monoisotopic (exact) mass is 332 g/mol. The van der Waals surface area contributed by atoms with Gasteiger partial charge in [-0.3, -0.25) is 4.98 Å². The standard InChI is InChI=1S/C15H13BrN2S/c16-11-7-12(19-9-11)8-14(17)15-13-4-2-1-3-10(13)5-6-18-15/h1-7,9,14H,8,17H2. The van der Waals surface area contributed by atoms with Crippen LogP contribution in [0.25, 0.3) is 10.8 Å². The van der Waals surface area contributed by atoms with Crippen LogP contribution in [0.15, 0.2) is 52.4 Å². The van der Waals surface area contributed by atoms with E-state index in [1.54, 1.807) is 11.3 Å². The molecule has 0 radical (unpaired) electrons. The van der Waals surface area contributed by atoms with Gasteiger partial charge in [-0.1, -0.05) is 24.3 Å². The Bertz CT molecular complexity index is 703. The number of nitrogens with zero attached hydrogens (tertiary/aromatic N) is 1. The Morgan fingerprint density at radius 3 is 2.89 bits per heavy atom. The van der Waals surface area contributed by atoms with Gasteiger partial charge >= 0.3 is 0 Å². The van der Waals surface area contributed by atoms with Gasteiger partial charge in [0.2, 0.25) is 0 Å². The highest BCUT2D eigenvalue weighted by Gasteiger charge is 2.13. The maximum Gasteiger partial charge on any atom is 0.0652 e. The van der Waals surface area contributed by atoms with Gasteiger partial charge < -0.3 is 5.73 Å². The number of halogens is 1. The predicted molar refractivity (Wildman–Crippen MR) is 84.4 cm³/mol. The molecule has 1 aromatic carbocycles. The molecule has 0 aliphatic heterocycles. The van der Waals surface area contributed by atoms with Gasteiger partial charge in [0.1, 0.15) is 0 Å². The number of aromatic nitrogens is 1. The molecule has 0 fully saturated rings. The van der Waals surface area contributed by atoms with Crippen molar-refractivity contribution >= 4 is 38.0 Å². The minimum Gasteiger partial charge on any atom is -0.322 e. The number of hydrogen-bond donors (Lipinski definition) is 1. The minimum atomic E-state index is -0.0725. The van der Waals surface area contributed by atoms with Crippen LogP contribution in [0.3, 0.4) is 0 Å². The second-order valence-electron chi connectivity index (χ2n) is 4.46. The van der Waals surface area contributed by atoms with Crippen LogP contribution < -0.4 is 5.73 Å². The highest BCUT2D eigenvalue weighted by molar-refractivity contribution is 9.10. The first-order valence-electron chi connectivity index (χ1n) is 6.06. The molecule has 0 saturated carbocycles. The summed E-state index contributed by atoms with van der Waals surface area (Å²) in [5.41, 5.74) is 7.31. The summed E-state index contributed by atoms with van der Waals surface area (Å²) in [6.07, 6.45) is 2.65. The maximum atomic E-state index is 6.33. The summed E-state index contributed by atoms with van der Waals surface area (Å²) in [5, 5.41) is 4.42. The first-order chi connectivity index (χ1) is 9.24. The average molecular weight is 333 g/mol. The first kappa shape index (κ1) is 12.8. The third kappa shape index (κ3) is 2.71. The van der Waals surface area contributed by atoms with Crippen LogP contribution in [-0.4, -0.2) is 4.98 Å². The van der Waals surface area contributed by atoms with Gasteiger partial charge in [-0.15, -0.1) is 11.3 Å². The van der Waals surface area contributed by atoms with Crippen LogP contribution in [-0.2, 0) is 6.42 Å². The fourth-order valence-electron chi connectivity index (χ4n) is 2.21. The molecular formula is C15H13BrN2S. The molecule has 3 aromatic rings. The van der Waals surface area contributed by atoms with E-state index >= 15 is 0 Å². The van der Waals surface area contributed by atoms with Crippen LogP contribution in [0.5, 0.6) is 0 Å². The van der Waals surface area contributed by atoms with E-state index in [0.29, 0.717) is 0 Å². The fraction of sp³-hybridized carbons (Fsp3) is 0.133. The van der Waals surface area contributed by atoms with Crippen molar-refractivity contribution in [3.63, 3.8) is 0 Å². The zero-order valence-electron chi connectivity index (χ0n) is 10.2. The number of benzene rings is 1. The molecule has 1 unspecified atom stereocenters. The van der Waals surface area contributed by atoms with Gasteiger partial charge in [-0.05, 0) is 33.4 Å². The van der Waals surface area contributed by atoms with Crippen molar-refractivity contribution in [1.29, 1.82) is 0 Å². The summed E-state index contributed by atoms with van der Waals surface area (Å²) >= 11 is 5.20. The van der Waals surface area contributed by atoms with E-state index in [4.69, 9.17) is 5.73 Å². The second kappa shape index (κ2) is 5.41. The zero-order chi connectivity index (χ0) is 13.2. The van der Waals surface area contributed by atoms with Crippen molar-refractivity contribution in [3.05, 3.63) is 63.0 Å². The van der Waals surface area contributed by atoms with Crippen molar-refractivity contribution in [1.82, 2.24) is 4.98 Å². The third-order valence-corrected chi connectivity index (χ3v) is 4.82. The van der Waals surface area contributed by atoms with Crippen molar-refractivity contribution in [2.75, 3.05) is 0 Å². The van der Waals surface area contributed by atoms with Crippen molar-refractivity contribution in [2.45, 2.75) is 12.5 Å². The molecule has 3 rings (SSSR count). The van der Waals surface area contributed by atoms with Crippen molar-refractivity contribution in [3.8, 4) is 0 Å². The SMILES string of the molecule is NC(Cc1cc(Br)cs1)c1nccc2ccccc12. The topological polar surface area (TPSA) is 38.9 Å². The summed E-state index contributed by atoms with van der Waals surface area (Å²) in [4.78, 5) is 5.75. The molecule has 4 heteroatoms. The molecule has 2 aromatic heterocycles. The molecule has 1 atom stereocenters. The Labute approximate surface area is 124 Å². The van der Waals surface area contributed by atoms with Gasteiger partial charge in [0.15, 0.2) is 0 Å². The molecule has 0 saturated heterocycles. The quantitative estimate of drug-likeness (QED) is 0.776. The van der Waals surface area contributed by atoms with Gasteiger partial charge in [0.25, 0.3) is 0 Å². The molecular weight excluding hydrogens is 320 g/mol. The summed E-state index contributed by atoms with van der Waals surface area (Å²) < 4.78 is 1.12. The minimum absolute atomic E-state index is 0.0725. The van der Waals surface area contributed by atoms with E-state index in [1.807, 2.05) is 24.4 Å². The highest BCUT2D eigenvalue weighted by Crippen LogP contribution is 2.27. The summed E-state index contributed by atoms with van der Waals surface area (Å²) in [7, 11) is 0. The molecule has 0 amide bonds. The zero-order valence-corrected chi connectivity index (χ0v) is 12.6. The van der Waals surface area contributed by atoms with Crippen LogP contribution in [0.2, 0.25) is 0 Å². The number of rotatable bonds is 3. The van der Waals surface area contributed by atoms with Crippen LogP contribution in [0.4, 0.5) is 0 Å². The van der Waals surface area contributed by atoms with Gasteiger partial charge in [0.05, 0.1) is 11.7 Å². The molecule has 96 valence electrons. The lowest BCUT2D eigenvalue weighted by molar-refractivity contribution is 0.711. The van der Waals surface area contributed by atoms with Crippen LogP contribution in [0.1, 0.15) is 16.6 Å². The van der Waals surface area contributed by atoms with Gasteiger partial charge in [-0.25, -0.2) is 0 Å². The summed E-state index contributed by atoms with van der Waals surface area (Å²) in [6, 6.07) is 12.3. The lowest BCUT2D eigenvalue weighted by Gasteiger charge is -2.12. The predicted octanol–water partition coefficient (Wildman–Crippen LogP) is 4.30. The highest BCUT2D eigenvalue weighted by atomic mass is 79.9. The number of pyridine rings is 1. The maximum absolute atomic E-state index is 6.33. The Kier molecular flexibility index (Phi) is 3.64. The van der Waals surface area contributed by atoms with E-state index in [9.17, 15) is 0 Å². The van der Waals surface area contributed by atoms with Crippen molar-refractivity contribution in [2.24, 2.45) is 5.73 Å². The smallest absolute Gasteiger partial charge is 0.0652 e. The molecule has 2 heterocycles. The van der Waals surface area contributed by atoms with E-state index in [2.05, 4.69) is 44.5 Å². The molecule has 0 aliphatic rings. The first-order valence-corrected chi connectivity index (χ1v) is 7.73. The van der Waals surface area contributed by atoms with E-state index < -0.39 is 0 Å². The Hall–Kier alpha value is -1.23. The third-order valence-electron chi connectivity index (χ3n) is 3.10. The molecule has 2 nitrogen and oxygen atoms in total. The van der Waals surface area contributed by atoms with Crippen LogP contribution >= 0.6 is 27.3 Å². The lowest BCUT2D eigenvalue weighted by Crippen LogP contribution is -2.14. The molecule has 0 aliphatic carbocycles. The largest absolute Gasteiger partial charge is 0.322 e. The van der Waals surface area contributed by atoms with Gasteiger partial charge in [0, 0.05) is 32.7 Å². The van der Waals surface area contributed by atoms with E-state index in [1.165, 1.54) is 10.3 Å². The second-order valence-corrected chi connectivity index (χ2v) is 6.37. The number of nitrogens with two attached hydrogens (primary N) is 1.